The number of halogens is 3. The van der Waals surface area contributed by atoms with Gasteiger partial charge in [-0.1, -0.05) is 18.2 Å². The second-order valence-electron chi connectivity index (χ2n) is 7.78. The van der Waals surface area contributed by atoms with Crippen LogP contribution in [0.2, 0.25) is 0 Å². The number of hydrogen-bond donors (Lipinski definition) is 3. The zero-order valence-electron chi connectivity index (χ0n) is 19.6. The van der Waals surface area contributed by atoms with Gasteiger partial charge in [0.05, 0.1) is 13.7 Å². The molecule has 0 radical (unpaired) electrons. The summed E-state index contributed by atoms with van der Waals surface area (Å²) in [5, 5.41) is 5.61. The summed E-state index contributed by atoms with van der Waals surface area (Å²) < 4.78 is 50.5. The van der Waals surface area contributed by atoms with E-state index in [0.717, 1.165) is 6.07 Å². The first kappa shape index (κ1) is 25.6. The number of benzene rings is 2. The third-order valence-corrected chi connectivity index (χ3v) is 5.39. The first-order valence-corrected chi connectivity index (χ1v) is 11.1. The van der Waals surface area contributed by atoms with Gasteiger partial charge in [-0.3, -0.25) is 9.59 Å². The number of nitrogens with one attached hydrogen (secondary N) is 2. The van der Waals surface area contributed by atoms with E-state index in [0.29, 0.717) is 11.1 Å². The Balaban J connectivity index is 1.54. The number of amides is 2. The summed E-state index contributed by atoms with van der Waals surface area (Å²) >= 11 is 0. The van der Waals surface area contributed by atoms with Crippen molar-refractivity contribution in [2.75, 3.05) is 20.2 Å². The van der Waals surface area contributed by atoms with E-state index in [-0.39, 0.29) is 59.5 Å². The van der Waals surface area contributed by atoms with Gasteiger partial charge in [-0.05, 0) is 36.4 Å². The average molecular weight is 513 g/mol. The molecule has 2 aromatic heterocycles. The van der Waals surface area contributed by atoms with E-state index in [4.69, 9.17) is 14.9 Å². The minimum Gasteiger partial charge on any atom is -0.494 e. The van der Waals surface area contributed by atoms with Crippen LogP contribution in [0.25, 0.3) is 22.4 Å². The first-order chi connectivity index (χ1) is 17.7. The zero-order chi connectivity index (χ0) is 26.6. The quantitative estimate of drug-likeness (QED) is 0.307. The predicted molar refractivity (Wildman–Crippen MR) is 128 cm³/mol. The highest BCUT2D eigenvalue weighted by molar-refractivity contribution is 5.98. The molecule has 2 amide bonds. The Morgan fingerprint density at radius 1 is 0.973 bits per heavy atom. The number of rotatable bonds is 8. The fourth-order valence-corrected chi connectivity index (χ4v) is 3.61. The third-order valence-electron chi connectivity index (χ3n) is 5.39. The van der Waals surface area contributed by atoms with E-state index in [1.54, 1.807) is 36.4 Å². The van der Waals surface area contributed by atoms with Crippen LogP contribution in [0.15, 0.2) is 59.0 Å². The molecule has 0 aliphatic rings. The molecule has 0 saturated carbocycles. The summed E-state index contributed by atoms with van der Waals surface area (Å²) in [4.78, 5) is 32.8. The molecular formula is C25H22F3N5O4. The van der Waals surface area contributed by atoms with Crippen LogP contribution in [0.3, 0.4) is 0 Å². The van der Waals surface area contributed by atoms with Crippen molar-refractivity contribution < 1.29 is 31.9 Å². The van der Waals surface area contributed by atoms with Gasteiger partial charge >= 0.3 is 6.18 Å². The molecule has 0 aliphatic carbocycles. The number of pyridine rings is 1. The van der Waals surface area contributed by atoms with Crippen LogP contribution in [0.1, 0.15) is 32.3 Å². The standard InChI is InChI=1S/C25H22F3N5O4/c1-36-17-9-7-16(15-8-10-19(25(26,27)28)32-20(15)17)24-33-21(18(13-29)37-24)23(35)31-12-11-30-22(34)14-5-3-2-4-6-14/h2-10H,11-13,29H2,1H3,(H,30,34)(H,31,35). The highest BCUT2D eigenvalue weighted by Gasteiger charge is 2.33. The van der Waals surface area contributed by atoms with Crippen LogP contribution in [-0.4, -0.2) is 42.0 Å². The predicted octanol–water partition coefficient (Wildman–Crippen LogP) is 3.54. The van der Waals surface area contributed by atoms with Gasteiger partial charge in [0, 0.05) is 29.6 Å². The SMILES string of the molecule is COc1ccc(-c2nc(C(=O)NCCNC(=O)c3ccccc3)c(CN)o2)c2ccc(C(F)(F)F)nc12. The maximum Gasteiger partial charge on any atom is 0.433 e. The molecule has 37 heavy (non-hydrogen) atoms. The topological polar surface area (TPSA) is 132 Å². The number of ether oxygens (including phenoxy) is 1. The van der Waals surface area contributed by atoms with Gasteiger partial charge in [-0.15, -0.1) is 0 Å². The van der Waals surface area contributed by atoms with Crippen LogP contribution < -0.4 is 21.1 Å². The summed E-state index contributed by atoms with van der Waals surface area (Å²) in [6.07, 6.45) is -4.64. The van der Waals surface area contributed by atoms with E-state index in [9.17, 15) is 22.8 Å². The highest BCUT2D eigenvalue weighted by Crippen LogP contribution is 2.36. The Morgan fingerprint density at radius 3 is 2.32 bits per heavy atom. The molecule has 4 rings (SSSR count). The van der Waals surface area contributed by atoms with Gasteiger partial charge in [-0.25, -0.2) is 9.97 Å². The summed E-state index contributed by atoms with van der Waals surface area (Å²) in [5.41, 5.74) is 5.34. The lowest BCUT2D eigenvalue weighted by Crippen LogP contribution is -2.35. The highest BCUT2D eigenvalue weighted by atomic mass is 19.4. The van der Waals surface area contributed by atoms with E-state index in [1.807, 2.05) is 0 Å². The number of carbonyl (C=O) groups is 2. The molecule has 9 nitrogen and oxygen atoms in total. The summed E-state index contributed by atoms with van der Waals surface area (Å²) in [5.74, 6) is -0.664. The van der Waals surface area contributed by atoms with Crippen LogP contribution >= 0.6 is 0 Å². The Bertz CT molecular complexity index is 1440. The molecule has 0 spiro atoms. The van der Waals surface area contributed by atoms with Crippen molar-refractivity contribution in [1.29, 1.82) is 0 Å². The molecular weight excluding hydrogens is 491 g/mol. The third kappa shape index (κ3) is 5.54. The maximum atomic E-state index is 13.2. The molecule has 2 aromatic carbocycles. The van der Waals surface area contributed by atoms with Crippen LogP contribution in [0, 0.1) is 0 Å². The average Bonchev–Trinajstić information content (AvgIpc) is 3.34. The molecule has 0 fully saturated rings. The number of nitrogens with two attached hydrogens (primary N) is 1. The van der Waals surface area contributed by atoms with Crippen molar-refractivity contribution in [1.82, 2.24) is 20.6 Å². The number of fused-ring (bicyclic) bond motifs is 1. The van der Waals surface area contributed by atoms with E-state index >= 15 is 0 Å². The number of alkyl halides is 3. The van der Waals surface area contributed by atoms with Gasteiger partial charge < -0.3 is 25.5 Å². The number of hydrogen-bond acceptors (Lipinski definition) is 7. The lowest BCUT2D eigenvalue weighted by atomic mass is 10.1. The molecule has 4 aromatic rings. The Labute approximate surface area is 208 Å². The first-order valence-electron chi connectivity index (χ1n) is 11.1. The van der Waals surface area contributed by atoms with Crippen molar-refractivity contribution in [3.05, 3.63) is 77.3 Å². The second-order valence-corrected chi connectivity index (χ2v) is 7.78. The molecule has 0 unspecified atom stereocenters. The maximum absolute atomic E-state index is 13.2. The van der Waals surface area contributed by atoms with Crippen molar-refractivity contribution in [2.45, 2.75) is 12.7 Å². The van der Waals surface area contributed by atoms with Gasteiger partial charge in [0.1, 0.15) is 17.0 Å². The molecule has 0 saturated heterocycles. The summed E-state index contributed by atoms with van der Waals surface area (Å²) in [6, 6.07) is 13.7. The molecule has 2 heterocycles. The smallest absolute Gasteiger partial charge is 0.433 e. The minimum absolute atomic E-state index is 0.0165. The number of nitrogens with zero attached hydrogens (tertiary/aromatic N) is 2. The van der Waals surface area contributed by atoms with E-state index < -0.39 is 17.8 Å². The largest absolute Gasteiger partial charge is 0.494 e. The number of methoxy groups -OCH3 is 1. The lowest BCUT2D eigenvalue weighted by Gasteiger charge is -2.11. The number of oxazole rings is 1. The summed E-state index contributed by atoms with van der Waals surface area (Å²) in [6.45, 7) is 0.128. The molecule has 192 valence electrons. The Morgan fingerprint density at radius 2 is 1.68 bits per heavy atom. The van der Waals surface area contributed by atoms with Crippen molar-refractivity contribution in [3.8, 4) is 17.2 Å². The van der Waals surface area contributed by atoms with Crippen LogP contribution in [0.5, 0.6) is 5.75 Å². The fourth-order valence-electron chi connectivity index (χ4n) is 3.61. The molecule has 0 atom stereocenters. The van der Waals surface area contributed by atoms with E-state index in [1.165, 1.54) is 19.2 Å². The fraction of sp³-hybridized carbons (Fsp3) is 0.200. The van der Waals surface area contributed by atoms with Gasteiger partial charge in [0.25, 0.3) is 11.8 Å². The van der Waals surface area contributed by atoms with Crippen molar-refractivity contribution in [3.63, 3.8) is 0 Å². The second kappa shape index (κ2) is 10.7. The molecule has 0 bridgehead atoms. The van der Waals surface area contributed by atoms with Crippen LogP contribution in [-0.2, 0) is 12.7 Å². The minimum atomic E-state index is -4.64. The van der Waals surface area contributed by atoms with Gasteiger partial charge in [-0.2, -0.15) is 13.2 Å². The monoisotopic (exact) mass is 513 g/mol. The molecule has 12 heteroatoms. The Hall–Kier alpha value is -4.45. The normalized spacial score (nSPS) is 11.4. The number of carbonyl (C=O) groups excluding carboxylic acids is 2. The summed E-state index contributed by atoms with van der Waals surface area (Å²) in [7, 11) is 1.32. The lowest BCUT2D eigenvalue weighted by molar-refractivity contribution is -0.140. The van der Waals surface area contributed by atoms with Gasteiger partial charge in [0.15, 0.2) is 11.5 Å². The van der Waals surface area contributed by atoms with E-state index in [2.05, 4.69) is 20.6 Å². The van der Waals surface area contributed by atoms with Crippen molar-refractivity contribution in [2.24, 2.45) is 5.73 Å². The van der Waals surface area contributed by atoms with Crippen molar-refractivity contribution >= 4 is 22.7 Å². The number of aromatic nitrogens is 2. The zero-order valence-corrected chi connectivity index (χ0v) is 19.6. The van der Waals surface area contributed by atoms with Gasteiger partial charge in [0.2, 0.25) is 5.89 Å². The van der Waals surface area contributed by atoms with Crippen LogP contribution in [0.4, 0.5) is 13.2 Å². The Kier molecular flexibility index (Phi) is 7.39. The molecule has 4 N–H and O–H groups in total. The molecule has 0 aliphatic heterocycles.